The Hall–Kier alpha value is -1.63. The van der Waals surface area contributed by atoms with Gasteiger partial charge in [-0.15, -0.1) is 0 Å². The molecule has 1 aliphatic carbocycles. The molecule has 0 aromatic carbocycles. The standard InChI is InChI=1S/C12H16N2O4S/c1-8(12(6-7-12)19(2,17)18)13-10-5-3-4-9(14-10)11(15)16/h3-5,8H,6-7H2,1-2H3,(H,13,14)(H,15,16). The zero-order valence-electron chi connectivity index (χ0n) is 10.8. The molecule has 0 spiro atoms. The van der Waals surface area contributed by atoms with Crippen molar-refractivity contribution in [2.24, 2.45) is 0 Å². The SMILES string of the molecule is CC(Nc1cccc(C(=O)O)n1)C1(S(C)(=O)=O)CC1. The van der Waals surface area contributed by atoms with Crippen LogP contribution < -0.4 is 5.32 Å². The number of hydrogen-bond acceptors (Lipinski definition) is 5. The number of hydrogen-bond donors (Lipinski definition) is 2. The fraction of sp³-hybridized carbons (Fsp3) is 0.500. The molecule has 1 atom stereocenters. The van der Waals surface area contributed by atoms with Crippen molar-refractivity contribution in [3.63, 3.8) is 0 Å². The number of carboxylic acid groups (broad SMARTS) is 1. The number of carbonyl (C=O) groups is 1. The van der Waals surface area contributed by atoms with Gasteiger partial charge in [0.1, 0.15) is 5.82 Å². The highest BCUT2D eigenvalue weighted by Gasteiger charge is 2.56. The molecule has 1 aliphatic rings. The van der Waals surface area contributed by atoms with E-state index in [9.17, 15) is 13.2 Å². The molecule has 19 heavy (non-hydrogen) atoms. The summed E-state index contributed by atoms with van der Waals surface area (Å²) in [6.45, 7) is 1.78. The van der Waals surface area contributed by atoms with Crippen molar-refractivity contribution < 1.29 is 18.3 Å². The van der Waals surface area contributed by atoms with Gasteiger partial charge in [0, 0.05) is 12.3 Å². The Morgan fingerprint density at radius 3 is 2.58 bits per heavy atom. The Kier molecular flexibility index (Phi) is 3.25. The van der Waals surface area contributed by atoms with E-state index in [1.54, 1.807) is 19.1 Å². The molecule has 1 aromatic rings. The third-order valence-electron chi connectivity index (χ3n) is 3.60. The maximum absolute atomic E-state index is 11.8. The lowest BCUT2D eigenvalue weighted by Gasteiger charge is -2.23. The second kappa shape index (κ2) is 4.48. The Morgan fingerprint density at radius 1 is 1.47 bits per heavy atom. The minimum absolute atomic E-state index is 0.0681. The van der Waals surface area contributed by atoms with Crippen LogP contribution in [0.1, 0.15) is 30.3 Å². The summed E-state index contributed by atoms with van der Waals surface area (Å²) in [4.78, 5) is 14.8. The average molecular weight is 284 g/mol. The second-order valence-corrected chi connectivity index (χ2v) is 7.27. The Labute approximate surface area is 111 Å². The lowest BCUT2D eigenvalue weighted by Crippen LogP contribution is -2.39. The first-order valence-corrected chi connectivity index (χ1v) is 7.82. The minimum Gasteiger partial charge on any atom is -0.477 e. The molecule has 1 heterocycles. The Morgan fingerprint density at radius 2 is 2.11 bits per heavy atom. The van der Waals surface area contributed by atoms with E-state index >= 15 is 0 Å². The normalized spacial score (nSPS) is 18.6. The van der Waals surface area contributed by atoms with Crippen LogP contribution in [-0.2, 0) is 9.84 Å². The van der Waals surface area contributed by atoms with E-state index in [2.05, 4.69) is 10.3 Å². The van der Waals surface area contributed by atoms with Crippen molar-refractivity contribution in [3.05, 3.63) is 23.9 Å². The number of aromatic carboxylic acids is 1. The van der Waals surface area contributed by atoms with Gasteiger partial charge < -0.3 is 10.4 Å². The van der Waals surface area contributed by atoms with E-state index in [-0.39, 0.29) is 11.7 Å². The van der Waals surface area contributed by atoms with E-state index in [1.807, 2.05) is 0 Å². The summed E-state index contributed by atoms with van der Waals surface area (Å²) >= 11 is 0. The number of carboxylic acids is 1. The Balaban J connectivity index is 2.18. The molecule has 1 unspecified atom stereocenters. The van der Waals surface area contributed by atoms with Crippen LogP contribution in [-0.4, -0.2) is 41.5 Å². The van der Waals surface area contributed by atoms with Gasteiger partial charge >= 0.3 is 5.97 Å². The van der Waals surface area contributed by atoms with Crippen molar-refractivity contribution in [1.82, 2.24) is 4.98 Å². The molecule has 6 nitrogen and oxygen atoms in total. The summed E-state index contributed by atoms with van der Waals surface area (Å²) in [5, 5.41) is 11.9. The number of sulfone groups is 1. The van der Waals surface area contributed by atoms with Crippen molar-refractivity contribution in [1.29, 1.82) is 0 Å². The van der Waals surface area contributed by atoms with Crippen LogP contribution in [0.4, 0.5) is 5.82 Å². The number of nitrogens with one attached hydrogen (secondary N) is 1. The monoisotopic (exact) mass is 284 g/mol. The van der Waals surface area contributed by atoms with Gasteiger partial charge in [0.15, 0.2) is 15.5 Å². The number of pyridine rings is 1. The summed E-state index contributed by atoms with van der Waals surface area (Å²) in [6, 6.07) is 4.29. The quantitative estimate of drug-likeness (QED) is 0.842. The third-order valence-corrected chi connectivity index (χ3v) is 5.84. The van der Waals surface area contributed by atoms with Gasteiger partial charge in [-0.3, -0.25) is 0 Å². The summed E-state index contributed by atoms with van der Waals surface area (Å²) in [6.07, 6.45) is 2.48. The number of anilines is 1. The highest BCUT2D eigenvalue weighted by molar-refractivity contribution is 7.92. The number of rotatable bonds is 5. The number of nitrogens with zero attached hydrogens (tertiary/aromatic N) is 1. The first-order chi connectivity index (χ1) is 8.76. The molecule has 2 N–H and O–H groups in total. The predicted molar refractivity (Wildman–Crippen MR) is 71.1 cm³/mol. The third kappa shape index (κ3) is 2.56. The van der Waals surface area contributed by atoms with E-state index in [4.69, 9.17) is 5.11 Å². The predicted octanol–water partition coefficient (Wildman–Crippen LogP) is 1.16. The molecular formula is C12H16N2O4S. The first kappa shape index (κ1) is 13.8. The van der Waals surface area contributed by atoms with Crippen LogP contribution in [0.25, 0.3) is 0 Å². The molecule has 1 aromatic heterocycles. The van der Waals surface area contributed by atoms with Crippen LogP contribution in [0.2, 0.25) is 0 Å². The molecule has 0 bridgehead atoms. The summed E-state index contributed by atoms with van der Waals surface area (Å²) < 4.78 is 22.8. The molecule has 1 saturated carbocycles. The molecule has 0 radical (unpaired) electrons. The second-order valence-electron chi connectivity index (χ2n) is 4.92. The topological polar surface area (TPSA) is 96.4 Å². The van der Waals surface area contributed by atoms with Gasteiger partial charge in [0.05, 0.1) is 4.75 Å². The van der Waals surface area contributed by atoms with Crippen molar-refractivity contribution in [2.75, 3.05) is 11.6 Å². The molecule has 104 valence electrons. The van der Waals surface area contributed by atoms with Crippen LogP contribution in [0.3, 0.4) is 0 Å². The van der Waals surface area contributed by atoms with E-state index in [1.165, 1.54) is 12.3 Å². The van der Waals surface area contributed by atoms with Gasteiger partial charge in [0.25, 0.3) is 0 Å². The zero-order valence-corrected chi connectivity index (χ0v) is 11.6. The fourth-order valence-corrected chi connectivity index (χ4v) is 3.78. The smallest absolute Gasteiger partial charge is 0.354 e. The summed E-state index contributed by atoms with van der Waals surface area (Å²) in [7, 11) is -3.14. The molecule has 0 aliphatic heterocycles. The summed E-state index contributed by atoms with van der Waals surface area (Å²) in [5.74, 6) is -0.733. The van der Waals surface area contributed by atoms with E-state index < -0.39 is 20.6 Å². The van der Waals surface area contributed by atoms with Crippen LogP contribution >= 0.6 is 0 Å². The molecule has 1 fully saturated rings. The molecular weight excluding hydrogens is 268 g/mol. The van der Waals surface area contributed by atoms with Gasteiger partial charge in [0.2, 0.25) is 0 Å². The maximum Gasteiger partial charge on any atom is 0.354 e. The summed E-state index contributed by atoms with van der Waals surface area (Å²) in [5.41, 5.74) is -0.0681. The molecule has 2 rings (SSSR count). The highest BCUT2D eigenvalue weighted by atomic mass is 32.2. The van der Waals surface area contributed by atoms with Gasteiger partial charge in [-0.25, -0.2) is 18.2 Å². The van der Waals surface area contributed by atoms with E-state index in [0.717, 1.165) is 0 Å². The Bertz CT molecular complexity index is 608. The van der Waals surface area contributed by atoms with Gasteiger partial charge in [-0.1, -0.05) is 6.07 Å². The zero-order chi connectivity index (χ0) is 14.3. The average Bonchev–Trinajstić information content (AvgIpc) is 3.09. The first-order valence-electron chi connectivity index (χ1n) is 5.93. The van der Waals surface area contributed by atoms with Crippen LogP contribution in [0.5, 0.6) is 0 Å². The maximum atomic E-state index is 11.8. The van der Waals surface area contributed by atoms with Crippen LogP contribution in [0, 0.1) is 0 Å². The van der Waals surface area contributed by atoms with Crippen molar-refractivity contribution >= 4 is 21.6 Å². The largest absolute Gasteiger partial charge is 0.477 e. The lowest BCUT2D eigenvalue weighted by molar-refractivity contribution is 0.0690. The van der Waals surface area contributed by atoms with Crippen molar-refractivity contribution in [3.8, 4) is 0 Å². The van der Waals surface area contributed by atoms with Gasteiger partial charge in [-0.2, -0.15) is 0 Å². The van der Waals surface area contributed by atoms with Crippen molar-refractivity contribution in [2.45, 2.75) is 30.6 Å². The lowest BCUT2D eigenvalue weighted by atomic mass is 10.2. The molecule has 7 heteroatoms. The fourth-order valence-electron chi connectivity index (χ4n) is 2.24. The number of aromatic nitrogens is 1. The van der Waals surface area contributed by atoms with Gasteiger partial charge in [-0.05, 0) is 31.9 Å². The highest BCUT2D eigenvalue weighted by Crippen LogP contribution is 2.46. The molecule has 0 saturated heterocycles. The minimum atomic E-state index is -3.14. The molecule has 0 amide bonds. The van der Waals surface area contributed by atoms with Crippen LogP contribution in [0.15, 0.2) is 18.2 Å². The van der Waals surface area contributed by atoms with E-state index in [0.29, 0.717) is 18.7 Å².